The summed E-state index contributed by atoms with van der Waals surface area (Å²) in [6.07, 6.45) is 14.1. The molecular formula is C14H23N. The zero-order valence-electron chi connectivity index (χ0n) is 10.1. The van der Waals surface area contributed by atoms with Crippen LogP contribution in [0, 0.1) is 0 Å². The molecule has 0 aromatic rings. The summed E-state index contributed by atoms with van der Waals surface area (Å²) in [7, 11) is 0. The Bertz CT molecular complexity index is 251. The van der Waals surface area contributed by atoms with E-state index in [4.69, 9.17) is 0 Å². The van der Waals surface area contributed by atoms with Gasteiger partial charge in [0.2, 0.25) is 0 Å². The summed E-state index contributed by atoms with van der Waals surface area (Å²) in [5.41, 5.74) is 4.46. The molecule has 1 saturated carbocycles. The van der Waals surface area contributed by atoms with E-state index in [9.17, 15) is 0 Å². The summed E-state index contributed by atoms with van der Waals surface area (Å²) in [5, 5.41) is 3.64. The van der Waals surface area contributed by atoms with Crippen LogP contribution in [0.3, 0.4) is 0 Å². The molecule has 1 heteroatoms. The van der Waals surface area contributed by atoms with Crippen molar-refractivity contribution in [1.29, 1.82) is 0 Å². The molecule has 0 radical (unpaired) electrons. The fraction of sp³-hybridized carbons (Fsp3) is 0.643. The lowest BCUT2D eigenvalue weighted by Crippen LogP contribution is -2.30. The van der Waals surface area contributed by atoms with Crippen molar-refractivity contribution < 1.29 is 0 Å². The second kappa shape index (κ2) is 7.36. The van der Waals surface area contributed by atoms with Crippen molar-refractivity contribution in [2.75, 3.05) is 0 Å². The fourth-order valence-corrected chi connectivity index (χ4v) is 2.06. The van der Waals surface area contributed by atoms with E-state index in [1.165, 1.54) is 37.8 Å². The lowest BCUT2D eigenvalue weighted by molar-refractivity contribution is 0.394. The summed E-state index contributed by atoms with van der Waals surface area (Å²) >= 11 is 0. The van der Waals surface area contributed by atoms with Crippen LogP contribution in [0.2, 0.25) is 0 Å². The minimum Gasteiger partial charge on any atom is -0.386 e. The first-order valence-corrected chi connectivity index (χ1v) is 6.14. The Morgan fingerprint density at radius 1 is 1.27 bits per heavy atom. The predicted molar refractivity (Wildman–Crippen MR) is 66.7 cm³/mol. The van der Waals surface area contributed by atoms with E-state index < -0.39 is 0 Å². The van der Waals surface area contributed by atoms with Crippen LogP contribution < -0.4 is 5.32 Å². The highest BCUT2D eigenvalue weighted by molar-refractivity contribution is 5.05. The Labute approximate surface area is 94.0 Å². The van der Waals surface area contributed by atoms with Crippen LogP contribution in [0.25, 0.3) is 0 Å². The average molecular weight is 205 g/mol. The summed E-state index contributed by atoms with van der Waals surface area (Å²) in [6.45, 7) is 4.11. The van der Waals surface area contributed by atoms with Gasteiger partial charge < -0.3 is 5.32 Å². The Morgan fingerprint density at radius 3 is 2.60 bits per heavy atom. The van der Waals surface area contributed by atoms with Gasteiger partial charge in [0.15, 0.2) is 0 Å². The quantitative estimate of drug-likeness (QED) is 0.686. The molecule has 15 heavy (non-hydrogen) atoms. The molecule has 0 amide bonds. The first-order chi connectivity index (χ1) is 7.36. The van der Waals surface area contributed by atoms with Gasteiger partial charge in [0.1, 0.15) is 0 Å². The Morgan fingerprint density at radius 2 is 2.00 bits per heavy atom. The van der Waals surface area contributed by atoms with E-state index in [0.717, 1.165) is 6.42 Å². The van der Waals surface area contributed by atoms with Gasteiger partial charge in [-0.15, -0.1) is 5.73 Å². The van der Waals surface area contributed by atoms with Crippen LogP contribution in [0.1, 0.15) is 52.4 Å². The molecule has 1 aliphatic rings. The lowest BCUT2D eigenvalue weighted by Gasteiger charge is -2.24. The minimum atomic E-state index is 0.712. The molecular weight excluding hydrogens is 182 g/mol. The number of nitrogens with one attached hydrogen (secondary N) is 1. The van der Waals surface area contributed by atoms with Gasteiger partial charge in [0.05, 0.1) is 0 Å². The van der Waals surface area contributed by atoms with E-state index in [2.05, 4.69) is 30.1 Å². The SMILES string of the molecule is CC=C=CC/C(=C\C)NC1CCCCC1. The zero-order chi connectivity index (χ0) is 10.9. The molecule has 0 spiro atoms. The second-order valence-corrected chi connectivity index (χ2v) is 4.16. The third-order valence-electron chi connectivity index (χ3n) is 2.95. The maximum Gasteiger partial charge on any atom is 0.0258 e. The summed E-state index contributed by atoms with van der Waals surface area (Å²) < 4.78 is 0. The van der Waals surface area contributed by atoms with Crippen molar-refractivity contribution in [3.63, 3.8) is 0 Å². The highest BCUT2D eigenvalue weighted by Gasteiger charge is 2.12. The normalized spacial score (nSPS) is 18.1. The molecule has 0 heterocycles. The van der Waals surface area contributed by atoms with Crippen LogP contribution >= 0.6 is 0 Å². The van der Waals surface area contributed by atoms with Gasteiger partial charge in [-0.25, -0.2) is 0 Å². The van der Waals surface area contributed by atoms with Crippen LogP contribution in [-0.2, 0) is 0 Å². The summed E-state index contributed by atoms with van der Waals surface area (Å²) in [5.74, 6) is 0. The highest BCUT2D eigenvalue weighted by atomic mass is 14.9. The Hall–Kier alpha value is -0.940. The summed E-state index contributed by atoms with van der Waals surface area (Å²) in [6, 6.07) is 0.712. The zero-order valence-corrected chi connectivity index (χ0v) is 10.1. The van der Waals surface area contributed by atoms with Crippen molar-refractivity contribution >= 4 is 0 Å². The summed E-state index contributed by atoms with van der Waals surface area (Å²) in [4.78, 5) is 0. The molecule has 0 aliphatic heterocycles. The molecule has 0 bridgehead atoms. The molecule has 0 unspecified atom stereocenters. The van der Waals surface area contributed by atoms with Crippen LogP contribution in [0.4, 0.5) is 0 Å². The van der Waals surface area contributed by atoms with Gasteiger partial charge in [0.25, 0.3) is 0 Å². The predicted octanol–water partition coefficient (Wildman–Crippen LogP) is 3.93. The van der Waals surface area contributed by atoms with Gasteiger partial charge in [-0.1, -0.05) is 25.3 Å². The van der Waals surface area contributed by atoms with Crippen LogP contribution in [0.5, 0.6) is 0 Å². The molecule has 0 saturated heterocycles. The van der Waals surface area contributed by atoms with Crippen LogP contribution in [-0.4, -0.2) is 6.04 Å². The van der Waals surface area contributed by atoms with E-state index in [0.29, 0.717) is 6.04 Å². The van der Waals surface area contributed by atoms with E-state index in [-0.39, 0.29) is 0 Å². The van der Waals surface area contributed by atoms with Gasteiger partial charge in [-0.2, -0.15) is 0 Å². The minimum absolute atomic E-state index is 0.712. The van der Waals surface area contributed by atoms with Crippen LogP contribution in [0.15, 0.2) is 29.7 Å². The highest BCUT2D eigenvalue weighted by Crippen LogP contribution is 2.18. The Kier molecular flexibility index (Phi) is 5.96. The van der Waals surface area contributed by atoms with Gasteiger partial charge >= 0.3 is 0 Å². The average Bonchev–Trinajstić information content (AvgIpc) is 2.29. The van der Waals surface area contributed by atoms with Crippen molar-refractivity contribution in [2.24, 2.45) is 0 Å². The van der Waals surface area contributed by atoms with Crippen molar-refractivity contribution in [3.05, 3.63) is 29.7 Å². The second-order valence-electron chi connectivity index (χ2n) is 4.16. The molecule has 1 N–H and O–H groups in total. The molecule has 0 aromatic heterocycles. The van der Waals surface area contributed by atoms with Gasteiger partial charge in [-0.3, -0.25) is 0 Å². The third kappa shape index (κ3) is 4.90. The lowest BCUT2D eigenvalue weighted by atomic mass is 9.95. The molecule has 1 aliphatic carbocycles. The molecule has 0 aromatic carbocycles. The number of hydrogen-bond donors (Lipinski definition) is 1. The third-order valence-corrected chi connectivity index (χ3v) is 2.95. The van der Waals surface area contributed by atoms with E-state index in [1.54, 1.807) is 0 Å². The first-order valence-electron chi connectivity index (χ1n) is 6.14. The maximum atomic E-state index is 3.64. The van der Waals surface area contributed by atoms with Crippen molar-refractivity contribution in [2.45, 2.75) is 58.4 Å². The van der Waals surface area contributed by atoms with Gasteiger partial charge in [0, 0.05) is 18.2 Å². The first kappa shape index (κ1) is 12.1. The van der Waals surface area contributed by atoms with Gasteiger partial charge in [-0.05, 0) is 38.8 Å². The monoisotopic (exact) mass is 205 g/mol. The standard InChI is InChI=1S/C14H23N/c1-3-5-7-10-13(4-2)15-14-11-8-6-9-12-14/h3-4,7,14-15H,6,8-12H2,1-2H3/b13-4+. The number of allylic oxidation sites excluding steroid dienone is 2. The topological polar surface area (TPSA) is 12.0 Å². The smallest absolute Gasteiger partial charge is 0.0258 e. The maximum absolute atomic E-state index is 3.64. The molecule has 1 fully saturated rings. The molecule has 1 rings (SSSR count). The van der Waals surface area contributed by atoms with E-state index >= 15 is 0 Å². The molecule has 84 valence electrons. The number of rotatable bonds is 4. The molecule has 1 nitrogen and oxygen atoms in total. The van der Waals surface area contributed by atoms with E-state index in [1.807, 2.05) is 13.0 Å². The van der Waals surface area contributed by atoms with Crippen molar-refractivity contribution in [1.82, 2.24) is 5.32 Å². The largest absolute Gasteiger partial charge is 0.386 e. The molecule has 0 atom stereocenters. The Balaban J connectivity index is 2.35. The number of hydrogen-bond acceptors (Lipinski definition) is 1. The fourth-order valence-electron chi connectivity index (χ4n) is 2.06. The van der Waals surface area contributed by atoms with Crippen molar-refractivity contribution in [3.8, 4) is 0 Å².